The van der Waals surface area contributed by atoms with Gasteiger partial charge in [-0.1, -0.05) is 13.8 Å². The number of benzene rings is 1. The molecule has 0 atom stereocenters. The van der Waals surface area contributed by atoms with Crippen LogP contribution in [0.4, 0.5) is 13.2 Å². The van der Waals surface area contributed by atoms with E-state index < -0.39 is 6.36 Å². The summed E-state index contributed by atoms with van der Waals surface area (Å²) in [5.74, 6) is 0.177. The Morgan fingerprint density at radius 3 is 2.48 bits per heavy atom. The molecular weight excluding hydrogens is 361 g/mol. The first-order valence-corrected chi connectivity index (χ1v) is 8.22. The Kier molecular flexibility index (Phi) is 5.02. The van der Waals surface area contributed by atoms with Gasteiger partial charge in [-0.3, -0.25) is 9.20 Å². The maximum Gasteiger partial charge on any atom is 0.573 e. The summed E-state index contributed by atoms with van der Waals surface area (Å²) in [6.45, 7) is 4.54. The van der Waals surface area contributed by atoms with Gasteiger partial charge in [0.15, 0.2) is 11.5 Å². The number of halogens is 3. The number of alkyl halides is 3. The number of carbonyl (C=O) groups is 1. The molecule has 0 saturated heterocycles. The summed E-state index contributed by atoms with van der Waals surface area (Å²) in [4.78, 5) is 12.3. The van der Waals surface area contributed by atoms with Crippen LogP contribution in [0.25, 0.3) is 17.0 Å². The van der Waals surface area contributed by atoms with Gasteiger partial charge < -0.3 is 10.1 Å². The van der Waals surface area contributed by atoms with Gasteiger partial charge in [-0.15, -0.1) is 23.4 Å². The quantitative estimate of drug-likeness (QED) is 0.735. The highest BCUT2D eigenvalue weighted by atomic mass is 19.4. The van der Waals surface area contributed by atoms with Crippen molar-refractivity contribution in [3.05, 3.63) is 48.2 Å². The van der Waals surface area contributed by atoms with E-state index >= 15 is 0 Å². The predicted octanol–water partition coefficient (Wildman–Crippen LogP) is 3.68. The van der Waals surface area contributed by atoms with Crippen LogP contribution in [0.5, 0.6) is 5.75 Å². The molecule has 0 aliphatic rings. The molecule has 27 heavy (non-hydrogen) atoms. The van der Waals surface area contributed by atoms with Gasteiger partial charge in [0.05, 0.1) is 5.56 Å². The van der Waals surface area contributed by atoms with Gasteiger partial charge in [-0.2, -0.15) is 0 Å². The van der Waals surface area contributed by atoms with Gasteiger partial charge in [-0.25, -0.2) is 0 Å². The first-order valence-electron chi connectivity index (χ1n) is 8.22. The van der Waals surface area contributed by atoms with Crippen LogP contribution >= 0.6 is 0 Å². The third-order valence-corrected chi connectivity index (χ3v) is 3.68. The van der Waals surface area contributed by atoms with Crippen molar-refractivity contribution in [2.75, 3.05) is 6.54 Å². The second kappa shape index (κ2) is 7.26. The number of rotatable bonds is 5. The fraction of sp³-hybridized carbons (Fsp3) is 0.278. The number of fused-ring (bicyclic) bond motifs is 1. The topological polar surface area (TPSA) is 68.5 Å². The molecule has 1 aromatic carbocycles. The Morgan fingerprint density at radius 2 is 1.85 bits per heavy atom. The van der Waals surface area contributed by atoms with Crippen molar-refractivity contribution in [2.45, 2.75) is 20.2 Å². The molecule has 6 nitrogen and oxygen atoms in total. The van der Waals surface area contributed by atoms with Gasteiger partial charge in [0, 0.05) is 18.3 Å². The zero-order chi connectivity index (χ0) is 19.6. The lowest BCUT2D eigenvalue weighted by Gasteiger charge is -2.09. The third kappa shape index (κ3) is 4.55. The highest BCUT2D eigenvalue weighted by Gasteiger charge is 2.31. The molecule has 1 amide bonds. The molecule has 0 spiro atoms. The number of nitrogens with zero attached hydrogens (tertiary/aromatic N) is 3. The molecule has 0 aliphatic heterocycles. The number of carbonyl (C=O) groups excluding carboxylic acids is 1. The van der Waals surface area contributed by atoms with E-state index in [1.165, 1.54) is 24.3 Å². The summed E-state index contributed by atoms with van der Waals surface area (Å²) in [5, 5.41) is 10.9. The molecule has 0 unspecified atom stereocenters. The summed E-state index contributed by atoms with van der Waals surface area (Å²) in [5.41, 5.74) is 1.49. The Morgan fingerprint density at radius 1 is 1.15 bits per heavy atom. The van der Waals surface area contributed by atoms with Crippen molar-refractivity contribution in [1.29, 1.82) is 0 Å². The molecule has 0 bridgehead atoms. The smallest absolute Gasteiger partial charge is 0.406 e. The largest absolute Gasteiger partial charge is 0.573 e. The van der Waals surface area contributed by atoms with E-state index in [1.807, 2.05) is 13.8 Å². The number of amides is 1. The summed E-state index contributed by atoms with van der Waals surface area (Å²) in [6, 6.07) is 8.59. The molecule has 9 heteroatoms. The van der Waals surface area contributed by atoms with Crippen LogP contribution in [0, 0.1) is 5.92 Å². The van der Waals surface area contributed by atoms with Crippen molar-refractivity contribution in [3.63, 3.8) is 0 Å². The SMILES string of the molecule is CC(C)CNC(=O)c1ccc2nnc(-c3ccc(OC(F)(F)F)cc3)n2c1. The fourth-order valence-corrected chi connectivity index (χ4v) is 2.43. The summed E-state index contributed by atoms with van der Waals surface area (Å²) in [7, 11) is 0. The van der Waals surface area contributed by atoms with Gasteiger partial charge in [-0.05, 0) is 42.3 Å². The van der Waals surface area contributed by atoms with Crippen LogP contribution in [0.3, 0.4) is 0 Å². The average molecular weight is 378 g/mol. The fourth-order valence-electron chi connectivity index (χ4n) is 2.43. The predicted molar refractivity (Wildman–Crippen MR) is 92.3 cm³/mol. The highest BCUT2D eigenvalue weighted by Crippen LogP contribution is 2.26. The van der Waals surface area contributed by atoms with Gasteiger partial charge >= 0.3 is 6.36 Å². The van der Waals surface area contributed by atoms with Crippen LogP contribution in [0.2, 0.25) is 0 Å². The van der Waals surface area contributed by atoms with Crippen molar-refractivity contribution in [1.82, 2.24) is 19.9 Å². The van der Waals surface area contributed by atoms with E-state index in [1.54, 1.807) is 22.7 Å². The first kappa shape index (κ1) is 18.7. The number of hydrogen-bond acceptors (Lipinski definition) is 4. The monoisotopic (exact) mass is 378 g/mol. The molecular formula is C18H17F3N4O2. The lowest BCUT2D eigenvalue weighted by molar-refractivity contribution is -0.274. The maximum atomic E-state index is 12.3. The number of hydrogen-bond donors (Lipinski definition) is 1. The van der Waals surface area contributed by atoms with Gasteiger partial charge in [0.2, 0.25) is 0 Å². The van der Waals surface area contributed by atoms with Crippen molar-refractivity contribution in [2.24, 2.45) is 5.92 Å². The maximum absolute atomic E-state index is 12.3. The van der Waals surface area contributed by atoms with Crippen LogP contribution < -0.4 is 10.1 Å². The molecule has 2 aromatic heterocycles. The summed E-state index contributed by atoms with van der Waals surface area (Å²) >= 11 is 0. The Balaban J connectivity index is 1.88. The van der Waals surface area contributed by atoms with Crippen LogP contribution in [-0.2, 0) is 0 Å². The first-order chi connectivity index (χ1) is 12.7. The van der Waals surface area contributed by atoms with E-state index in [0.717, 1.165) is 0 Å². The minimum Gasteiger partial charge on any atom is -0.406 e. The van der Waals surface area contributed by atoms with E-state index in [2.05, 4.69) is 20.3 Å². The molecule has 0 saturated carbocycles. The van der Waals surface area contributed by atoms with E-state index in [9.17, 15) is 18.0 Å². The normalized spacial score (nSPS) is 11.8. The second-order valence-corrected chi connectivity index (χ2v) is 6.35. The molecule has 142 valence electrons. The Labute approximate surface area is 153 Å². The molecule has 0 fully saturated rings. The summed E-state index contributed by atoms with van der Waals surface area (Å²) in [6.07, 6.45) is -3.15. The van der Waals surface area contributed by atoms with Crippen LogP contribution in [-0.4, -0.2) is 33.4 Å². The van der Waals surface area contributed by atoms with E-state index in [0.29, 0.717) is 35.1 Å². The zero-order valence-corrected chi connectivity index (χ0v) is 14.6. The number of nitrogens with one attached hydrogen (secondary N) is 1. The lowest BCUT2D eigenvalue weighted by atomic mass is 10.2. The van der Waals surface area contributed by atoms with Crippen molar-refractivity contribution >= 4 is 11.6 Å². The van der Waals surface area contributed by atoms with Crippen LogP contribution in [0.15, 0.2) is 42.6 Å². The Hall–Kier alpha value is -3.10. The van der Waals surface area contributed by atoms with E-state index in [4.69, 9.17) is 0 Å². The van der Waals surface area contributed by atoms with Crippen LogP contribution in [0.1, 0.15) is 24.2 Å². The minimum absolute atomic E-state index is 0.223. The third-order valence-electron chi connectivity index (χ3n) is 3.68. The van der Waals surface area contributed by atoms with Gasteiger partial charge in [0.1, 0.15) is 5.75 Å². The lowest BCUT2D eigenvalue weighted by Crippen LogP contribution is -2.27. The molecule has 1 N–H and O–H groups in total. The standard InChI is InChI=1S/C18H17F3N4O2/c1-11(2)9-22-17(26)13-5-8-15-23-24-16(25(15)10-13)12-3-6-14(7-4-12)27-18(19,20)21/h3-8,10-11H,9H2,1-2H3,(H,22,26). The zero-order valence-electron chi connectivity index (χ0n) is 14.6. The molecule has 3 aromatic rings. The molecule has 2 heterocycles. The number of aromatic nitrogens is 3. The van der Waals surface area contributed by atoms with Crippen molar-refractivity contribution < 1.29 is 22.7 Å². The number of ether oxygens (including phenoxy) is 1. The Bertz CT molecular complexity index is 949. The van der Waals surface area contributed by atoms with E-state index in [-0.39, 0.29) is 11.7 Å². The van der Waals surface area contributed by atoms with Gasteiger partial charge in [0.25, 0.3) is 5.91 Å². The highest BCUT2D eigenvalue weighted by molar-refractivity contribution is 5.94. The molecule has 0 aliphatic carbocycles. The molecule has 3 rings (SSSR count). The minimum atomic E-state index is -4.75. The van der Waals surface area contributed by atoms with Crippen molar-refractivity contribution in [3.8, 4) is 17.1 Å². The second-order valence-electron chi connectivity index (χ2n) is 6.35. The molecule has 0 radical (unpaired) electrons. The number of pyridine rings is 1. The summed E-state index contributed by atoms with van der Waals surface area (Å²) < 4.78 is 42.3. The average Bonchev–Trinajstić information content (AvgIpc) is 3.02.